The first-order valence-electron chi connectivity index (χ1n) is 6.37. The number of carbonyl (C=O) groups excluding carboxylic acids is 2. The fraction of sp³-hybridized carbons (Fsp3) is 0.143. The molecular weight excluding hydrogens is 374 g/mol. The van der Waals surface area contributed by atoms with Crippen LogP contribution in [0.5, 0.6) is 5.75 Å². The zero-order valence-corrected chi connectivity index (χ0v) is 13.9. The number of hydrogen-bond acceptors (Lipinski definition) is 3. The predicted molar refractivity (Wildman–Crippen MR) is 85.9 cm³/mol. The van der Waals surface area contributed by atoms with Gasteiger partial charge in [0.25, 0.3) is 11.8 Å². The normalized spacial score (nSPS) is 10.3. The molecule has 116 valence electrons. The minimum absolute atomic E-state index is 0.0279. The molecule has 6 nitrogen and oxygen atoms in total. The van der Waals surface area contributed by atoms with Crippen molar-refractivity contribution in [1.29, 1.82) is 0 Å². The van der Waals surface area contributed by atoms with Crippen LogP contribution in [0.2, 0.25) is 5.02 Å². The van der Waals surface area contributed by atoms with Crippen LogP contribution in [0, 0.1) is 0 Å². The van der Waals surface area contributed by atoms with Crippen molar-refractivity contribution in [2.45, 2.75) is 13.5 Å². The fourth-order valence-electron chi connectivity index (χ4n) is 1.86. The molecule has 8 heteroatoms. The SMILES string of the molecule is CCn1cc(Br)cc1C(=O)NNC(=O)c1cc(Cl)ccc1O. The number of aryl methyl sites for hydroxylation is 1. The van der Waals surface area contributed by atoms with E-state index in [2.05, 4.69) is 26.8 Å². The fourth-order valence-corrected chi connectivity index (χ4v) is 2.50. The molecule has 3 N–H and O–H groups in total. The summed E-state index contributed by atoms with van der Waals surface area (Å²) < 4.78 is 2.49. The summed E-state index contributed by atoms with van der Waals surface area (Å²) in [5, 5.41) is 9.93. The van der Waals surface area contributed by atoms with Gasteiger partial charge in [-0.3, -0.25) is 20.4 Å². The Hall–Kier alpha value is -1.99. The number of halogens is 2. The van der Waals surface area contributed by atoms with Crippen LogP contribution < -0.4 is 10.9 Å². The maximum atomic E-state index is 12.1. The second-order valence-corrected chi connectivity index (χ2v) is 5.75. The molecule has 2 aromatic rings. The van der Waals surface area contributed by atoms with Crippen LogP contribution in [-0.4, -0.2) is 21.5 Å². The number of aromatic nitrogens is 1. The highest BCUT2D eigenvalue weighted by molar-refractivity contribution is 9.10. The van der Waals surface area contributed by atoms with Crippen LogP contribution in [-0.2, 0) is 6.54 Å². The summed E-state index contributed by atoms with van der Waals surface area (Å²) in [6.07, 6.45) is 1.76. The molecule has 0 aliphatic heterocycles. The average molecular weight is 387 g/mol. The van der Waals surface area contributed by atoms with Crippen LogP contribution in [0.1, 0.15) is 27.8 Å². The average Bonchev–Trinajstić information content (AvgIpc) is 2.88. The molecule has 0 spiro atoms. The van der Waals surface area contributed by atoms with Gasteiger partial charge in [0.15, 0.2) is 0 Å². The van der Waals surface area contributed by atoms with Gasteiger partial charge in [-0.05, 0) is 47.1 Å². The van der Waals surface area contributed by atoms with Crippen molar-refractivity contribution in [3.05, 3.63) is 51.2 Å². The number of nitrogens with zero attached hydrogens (tertiary/aromatic N) is 1. The third-order valence-corrected chi connectivity index (χ3v) is 3.60. The monoisotopic (exact) mass is 385 g/mol. The first-order chi connectivity index (χ1) is 10.4. The van der Waals surface area contributed by atoms with Crippen LogP contribution >= 0.6 is 27.5 Å². The molecule has 0 radical (unpaired) electrons. The maximum absolute atomic E-state index is 12.1. The van der Waals surface area contributed by atoms with Gasteiger partial charge < -0.3 is 9.67 Å². The summed E-state index contributed by atoms with van der Waals surface area (Å²) in [5.41, 5.74) is 4.90. The third kappa shape index (κ3) is 3.61. The number of phenolic OH excluding ortho intramolecular Hbond substituents is 1. The van der Waals surface area contributed by atoms with Crippen molar-refractivity contribution >= 4 is 39.3 Å². The molecule has 1 aromatic heterocycles. The Morgan fingerprint density at radius 3 is 2.64 bits per heavy atom. The number of aromatic hydroxyl groups is 1. The van der Waals surface area contributed by atoms with Gasteiger partial charge in [-0.2, -0.15) is 0 Å². The Morgan fingerprint density at radius 1 is 1.27 bits per heavy atom. The Labute approximate surface area is 140 Å². The highest BCUT2D eigenvalue weighted by atomic mass is 79.9. The highest BCUT2D eigenvalue weighted by Gasteiger charge is 2.15. The van der Waals surface area contributed by atoms with Crippen molar-refractivity contribution in [3.63, 3.8) is 0 Å². The number of carbonyl (C=O) groups is 2. The van der Waals surface area contributed by atoms with E-state index < -0.39 is 11.8 Å². The molecular formula is C14H13BrClN3O3. The van der Waals surface area contributed by atoms with Crippen LogP contribution in [0.25, 0.3) is 0 Å². The van der Waals surface area contributed by atoms with Gasteiger partial charge in [0.1, 0.15) is 11.4 Å². The molecule has 0 aliphatic carbocycles. The Balaban J connectivity index is 2.07. The van der Waals surface area contributed by atoms with Gasteiger partial charge in [0, 0.05) is 22.2 Å². The van der Waals surface area contributed by atoms with Gasteiger partial charge in [-0.1, -0.05) is 11.6 Å². The molecule has 0 aliphatic rings. The van der Waals surface area contributed by atoms with E-state index in [4.69, 9.17) is 11.6 Å². The largest absolute Gasteiger partial charge is 0.507 e. The van der Waals surface area contributed by atoms with E-state index in [0.29, 0.717) is 17.3 Å². The molecule has 2 amide bonds. The quantitative estimate of drug-likeness (QED) is 0.709. The minimum Gasteiger partial charge on any atom is -0.507 e. The number of amides is 2. The molecule has 0 unspecified atom stereocenters. The lowest BCUT2D eigenvalue weighted by atomic mass is 10.2. The van der Waals surface area contributed by atoms with Crippen molar-refractivity contribution < 1.29 is 14.7 Å². The molecule has 0 atom stereocenters. The Kier molecular flexibility index (Phi) is 5.10. The maximum Gasteiger partial charge on any atom is 0.286 e. The first-order valence-corrected chi connectivity index (χ1v) is 7.54. The van der Waals surface area contributed by atoms with E-state index in [1.54, 1.807) is 16.8 Å². The summed E-state index contributed by atoms with van der Waals surface area (Å²) >= 11 is 9.07. The number of nitrogens with one attached hydrogen (secondary N) is 2. The molecule has 22 heavy (non-hydrogen) atoms. The first kappa shape index (κ1) is 16.4. The lowest BCUT2D eigenvalue weighted by Gasteiger charge is -2.10. The van der Waals surface area contributed by atoms with E-state index in [1.807, 2.05) is 6.92 Å². The van der Waals surface area contributed by atoms with E-state index >= 15 is 0 Å². The van der Waals surface area contributed by atoms with Crippen LogP contribution in [0.15, 0.2) is 34.9 Å². The van der Waals surface area contributed by atoms with E-state index in [0.717, 1.165) is 4.47 Å². The zero-order valence-electron chi connectivity index (χ0n) is 11.6. The topological polar surface area (TPSA) is 83.4 Å². The summed E-state index contributed by atoms with van der Waals surface area (Å²) in [6, 6.07) is 5.71. The van der Waals surface area contributed by atoms with Gasteiger partial charge in [0.2, 0.25) is 0 Å². The number of phenols is 1. The second kappa shape index (κ2) is 6.85. The van der Waals surface area contributed by atoms with Gasteiger partial charge in [-0.15, -0.1) is 0 Å². The molecule has 0 bridgehead atoms. The van der Waals surface area contributed by atoms with E-state index in [-0.39, 0.29) is 11.3 Å². The van der Waals surface area contributed by atoms with Crippen LogP contribution in [0.3, 0.4) is 0 Å². The van der Waals surface area contributed by atoms with E-state index in [9.17, 15) is 14.7 Å². The standard InChI is InChI=1S/C14H13BrClN3O3/c1-2-19-7-8(15)5-11(19)14(22)18-17-13(21)10-6-9(16)3-4-12(10)20/h3-7,20H,2H2,1H3,(H,17,21)(H,18,22). The molecule has 1 heterocycles. The second-order valence-electron chi connectivity index (χ2n) is 4.40. The lowest BCUT2D eigenvalue weighted by molar-refractivity contribution is 0.0840. The van der Waals surface area contributed by atoms with Crippen molar-refractivity contribution in [3.8, 4) is 5.75 Å². The van der Waals surface area contributed by atoms with Gasteiger partial charge >= 0.3 is 0 Å². The molecule has 0 saturated carbocycles. The van der Waals surface area contributed by atoms with Gasteiger partial charge in [0.05, 0.1) is 5.56 Å². The number of rotatable bonds is 3. The molecule has 0 saturated heterocycles. The third-order valence-electron chi connectivity index (χ3n) is 2.93. The number of benzene rings is 1. The zero-order chi connectivity index (χ0) is 16.3. The number of hydrazine groups is 1. The smallest absolute Gasteiger partial charge is 0.286 e. The predicted octanol–water partition coefficient (Wildman–Crippen LogP) is 2.70. The lowest BCUT2D eigenvalue weighted by Crippen LogP contribution is -2.42. The summed E-state index contributed by atoms with van der Waals surface area (Å²) in [5.74, 6) is -1.36. The Morgan fingerprint density at radius 2 is 1.95 bits per heavy atom. The molecule has 2 rings (SSSR count). The van der Waals surface area contributed by atoms with E-state index in [1.165, 1.54) is 18.2 Å². The summed E-state index contributed by atoms with van der Waals surface area (Å²) in [6.45, 7) is 2.50. The minimum atomic E-state index is -0.665. The summed E-state index contributed by atoms with van der Waals surface area (Å²) in [7, 11) is 0. The van der Waals surface area contributed by atoms with Crippen LogP contribution in [0.4, 0.5) is 0 Å². The highest BCUT2D eigenvalue weighted by Crippen LogP contribution is 2.21. The summed E-state index contributed by atoms with van der Waals surface area (Å²) in [4.78, 5) is 24.0. The molecule has 0 fully saturated rings. The van der Waals surface area contributed by atoms with Crippen molar-refractivity contribution in [1.82, 2.24) is 15.4 Å². The molecule has 1 aromatic carbocycles. The number of hydrogen-bond donors (Lipinski definition) is 3. The van der Waals surface area contributed by atoms with Gasteiger partial charge in [-0.25, -0.2) is 0 Å². The van der Waals surface area contributed by atoms with Crippen molar-refractivity contribution in [2.75, 3.05) is 0 Å². The van der Waals surface area contributed by atoms with Crippen molar-refractivity contribution in [2.24, 2.45) is 0 Å². The Bertz CT molecular complexity index is 730.